The lowest BCUT2D eigenvalue weighted by atomic mass is 10.1. The van der Waals surface area contributed by atoms with Crippen LogP contribution in [0.4, 0.5) is 49.1 Å². The maximum absolute atomic E-state index is 13.1. The summed E-state index contributed by atoms with van der Waals surface area (Å²) in [4.78, 5) is 40.2. The van der Waals surface area contributed by atoms with Gasteiger partial charge in [0.05, 0.1) is 30.8 Å². The van der Waals surface area contributed by atoms with E-state index >= 15 is 0 Å². The average molecular weight is 592 g/mol. The van der Waals surface area contributed by atoms with Gasteiger partial charge >= 0.3 is 35.1 Å². The maximum Gasteiger partial charge on any atom is 0.416 e. The Morgan fingerprint density at radius 2 is 0.927 bits per heavy atom. The first-order chi connectivity index (χ1) is 18.8. The Kier molecular flexibility index (Phi) is 7.71. The van der Waals surface area contributed by atoms with Gasteiger partial charge in [0.15, 0.2) is 0 Å². The summed E-state index contributed by atoms with van der Waals surface area (Å²) in [6, 6.07) is 2.73. The van der Waals surface area contributed by atoms with Gasteiger partial charge in [0.25, 0.3) is 11.5 Å². The number of alkyl halides is 6. The van der Waals surface area contributed by atoms with Crippen molar-refractivity contribution in [2.75, 3.05) is 0 Å². The van der Waals surface area contributed by atoms with Crippen LogP contribution in [0.25, 0.3) is 0 Å². The highest BCUT2D eigenvalue weighted by Crippen LogP contribution is 2.47. The van der Waals surface area contributed by atoms with Crippen molar-refractivity contribution in [3.8, 4) is 23.0 Å². The number of halogens is 6. The summed E-state index contributed by atoms with van der Waals surface area (Å²) in [5, 5.41) is 45.6. The molecule has 0 unspecified atom stereocenters. The lowest BCUT2D eigenvalue weighted by molar-refractivity contribution is -0.396. The average Bonchev–Trinajstić information content (AvgIpc) is 2.83. The monoisotopic (exact) mass is 592 g/mol. The molecule has 14 nitrogen and oxygen atoms in total. The molecule has 41 heavy (non-hydrogen) atoms. The summed E-state index contributed by atoms with van der Waals surface area (Å²) < 4.78 is 89.0. The van der Waals surface area contributed by atoms with Gasteiger partial charge in [-0.25, -0.2) is 0 Å². The van der Waals surface area contributed by atoms with Crippen LogP contribution >= 0.6 is 0 Å². The minimum Gasteiger partial charge on any atom is -0.444 e. The van der Waals surface area contributed by atoms with Crippen molar-refractivity contribution in [3.63, 3.8) is 0 Å². The summed E-state index contributed by atoms with van der Waals surface area (Å²) in [6.07, 6.45) is -10.4. The highest BCUT2D eigenvalue weighted by Gasteiger charge is 2.40. The zero-order valence-electron chi connectivity index (χ0n) is 19.7. The fourth-order valence-corrected chi connectivity index (χ4v) is 3.30. The van der Waals surface area contributed by atoms with Crippen LogP contribution in [-0.2, 0) is 12.4 Å². The topological polar surface area (TPSA) is 191 Å². The second kappa shape index (κ2) is 10.5. The molecule has 3 rings (SSSR count). The second-order valence-corrected chi connectivity index (χ2v) is 7.84. The number of ether oxygens (including phenoxy) is 2. The van der Waals surface area contributed by atoms with E-state index in [0.29, 0.717) is 0 Å². The Morgan fingerprint density at radius 1 is 0.585 bits per heavy atom. The number of benzene rings is 3. The van der Waals surface area contributed by atoms with Crippen molar-refractivity contribution in [1.29, 1.82) is 0 Å². The molecule has 0 aliphatic heterocycles. The largest absolute Gasteiger partial charge is 0.444 e. The predicted octanol–water partition coefficient (Wildman–Crippen LogP) is 7.25. The van der Waals surface area contributed by atoms with Crippen LogP contribution in [0.15, 0.2) is 42.5 Å². The summed E-state index contributed by atoms with van der Waals surface area (Å²) in [5.41, 5.74) is -9.19. The SMILES string of the molecule is Cc1cc(Oc2c([N+](=O)[O-])cc(C(F)(F)F)cc2[N+](=O)[O-])ccc1Oc1c([N+](=O)[O-])cc(C(F)(F)F)cc1[N+](=O)[O-]. The summed E-state index contributed by atoms with van der Waals surface area (Å²) >= 11 is 0. The first-order valence-corrected chi connectivity index (χ1v) is 10.4. The van der Waals surface area contributed by atoms with Gasteiger partial charge in [-0.2, -0.15) is 26.3 Å². The van der Waals surface area contributed by atoms with E-state index < -0.39 is 88.9 Å². The Labute approximate surface area is 220 Å². The van der Waals surface area contributed by atoms with E-state index in [0.717, 1.165) is 18.2 Å². The smallest absolute Gasteiger partial charge is 0.416 e. The van der Waals surface area contributed by atoms with Crippen LogP contribution < -0.4 is 9.47 Å². The zero-order chi connectivity index (χ0) is 31.0. The normalized spacial score (nSPS) is 11.6. The standard InChI is InChI=1S/C21H10F6N4O10/c1-9-4-12(40-18-13(28(32)33)5-10(20(22,23)24)6-14(18)29(34)35)2-3-17(9)41-19-15(30(36)37)7-11(21(25,26)27)8-16(19)31(38)39/h2-8H,1H3. The van der Waals surface area contributed by atoms with Gasteiger partial charge < -0.3 is 9.47 Å². The zero-order valence-corrected chi connectivity index (χ0v) is 19.7. The van der Waals surface area contributed by atoms with E-state index in [1.54, 1.807) is 0 Å². The molecule has 0 fully saturated rings. The highest BCUT2D eigenvalue weighted by molar-refractivity contribution is 5.65. The van der Waals surface area contributed by atoms with Gasteiger partial charge in [-0.15, -0.1) is 0 Å². The first-order valence-electron chi connectivity index (χ1n) is 10.4. The van der Waals surface area contributed by atoms with Gasteiger partial charge in [0.1, 0.15) is 11.5 Å². The third-order valence-corrected chi connectivity index (χ3v) is 5.12. The van der Waals surface area contributed by atoms with Gasteiger partial charge in [-0.3, -0.25) is 40.5 Å². The fourth-order valence-electron chi connectivity index (χ4n) is 3.30. The number of hydrogen-bond donors (Lipinski definition) is 0. The Balaban J connectivity index is 2.10. The minimum atomic E-state index is -5.19. The predicted molar refractivity (Wildman–Crippen MR) is 121 cm³/mol. The molecule has 3 aromatic carbocycles. The molecule has 3 aromatic rings. The van der Waals surface area contributed by atoms with Crippen molar-refractivity contribution in [2.24, 2.45) is 0 Å². The molecule has 0 bridgehead atoms. The third kappa shape index (κ3) is 6.37. The van der Waals surface area contributed by atoms with Crippen LogP contribution in [0.1, 0.15) is 16.7 Å². The molecule has 0 amide bonds. The third-order valence-electron chi connectivity index (χ3n) is 5.12. The van der Waals surface area contributed by atoms with E-state index in [4.69, 9.17) is 9.47 Å². The molecule has 0 N–H and O–H groups in total. The Morgan fingerprint density at radius 3 is 1.22 bits per heavy atom. The minimum absolute atomic E-state index is 0.00947. The molecule has 216 valence electrons. The molecule has 0 aliphatic carbocycles. The van der Waals surface area contributed by atoms with Crippen LogP contribution in [0.2, 0.25) is 0 Å². The van der Waals surface area contributed by atoms with Gasteiger partial charge in [-0.05, 0) is 30.7 Å². The molecule has 0 aromatic heterocycles. The summed E-state index contributed by atoms with van der Waals surface area (Å²) in [6.45, 7) is 1.18. The van der Waals surface area contributed by atoms with Crippen LogP contribution in [0.5, 0.6) is 23.0 Å². The number of nitro benzene ring substituents is 4. The molecule has 0 spiro atoms. The van der Waals surface area contributed by atoms with Crippen molar-refractivity contribution < 1.29 is 55.5 Å². The van der Waals surface area contributed by atoms with Crippen LogP contribution in [0, 0.1) is 47.4 Å². The van der Waals surface area contributed by atoms with Crippen LogP contribution in [0.3, 0.4) is 0 Å². The molecule has 0 heterocycles. The first kappa shape index (κ1) is 30.0. The molecular weight excluding hydrogens is 582 g/mol. The molecule has 0 saturated carbocycles. The van der Waals surface area contributed by atoms with Crippen molar-refractivity contribution in [2.45, 2.75) is 19.3 Å². The van der Waals surface area contributed by atoms with Crippen molar-refractivity contribution in [1.82, 2.24) is 0 Å². The van der Waals surface area contributed by atoms with E-state index in [-0.39, 0.29) is 29.8 Å². The van der Waals surface area contributed by atoms with Crippen molar-refractivity contribution in [3.05, 3.63) is 99.6 Å². The lowest BCUT2D eigenvalue weighted by Crippen LogP contribution is -2.08. The molecule has 20 heteroatoms. The number of aryl methyl sites for hydroxylation is 1. The van der Waals surface area contributed by atoms with E-state index in [2.05, 4.69) is 0 Å². The van der Waals surface area contributed by atoms with E-state index in [9.17, 15) is 66.8 Å². The van der Waals surface area contributed by atoms with Gasteiger partial charge in [0, 0.05) is 24.3 Å². The van der Waals surface area contributed by atoms with E-state index in [1.807, 2.05) is 0 Å². The number of hydrogen-bond acceptors (Lipinski definition) is 10. The summed E-state index contributed by atoms with van der Waals surface area (Å²) in [5.74, 6) is -3.26. The van der Waals surface area contributed by atoms with Crippen molar-refractivity contribution >= 4 is 22.7 Å². The lowest BCUT2D eigenvalue weighted by Gasteiger charge is -2.14. The highest BCUT2D eigenvalue weighted by atomic mass is 19.4. The number of nitrogens with zero attached hydrogens (tertiary/aromatic N) is 4. The van der Waals surface area contributed by atoms with Gasteiger partial charge in [-0.1, -0.05) is 0 Å². The maximum atomic E-state index is 13.1. The van der Waals surface area contributed by atoms with Crippen LogP contribution in [-0.4, -0.2) is 19.7 Å². The molecule has 0 saturated heterocycles. The quantitative estimate of drug-likeness (QED) is 0.146. The van der Waals surface area contributed by atoms with E-state index in [1.165, 1.54) is 6.92 Å². The summed E-state index contributed by atoms with van der Waals surface area (Å²) in [7, 11) is 0. The molecule has 0 atom stereocenters. The Hall–Kier alpha value is -5.56. The molecule has 0 aliphatic rings. The number of nitro groups is 4. The Bertz CT molecular complexity index is 1540. The second-order valence-electron chi connectivity index (χ2n) is 7.84. The number of rotatable bonds is 8. The van der Waals surface area contributed by atoms with Gasteiger partial charge in [0.2, 0.25) is 0 Å². The fraction of sp³-hybridized carbons (Fsp3) is 0.143. The molecular formula is C21H10F6N4O10. The molecule has 0 radical (unpaired) electrons.